The average Bonchev–Trinajstić information content (AvgIpc) is 2.54. The molecule has 0 aromatic heterocycles. The highest BCUT2D eigenvalue weighted by Crippen LogP contribution is 2.18. The molecule has 0 fully saturated rings. The first kappa shape index (κ1) is 15.6. The second-order valence-corrected chi connectivity index (χ2v) is 4.80. The number of ether oxygens (including phenoxy) is 1. The normalized spacial score (nSPS) is 10.1. The highest BCUT2D eigenvalue weighted by Gasteiger charge is 2.13. The lowest BCUT2D eigenvalue weighted by atomic mass is 10.1. The van der Waals surface area contributed by atoms with Crippen LogP contribution in [0, 0.1) is 0 Å². The third-order valence-electron chi connectivity index (χ3n) is 3.34. The lowest BCUT2D eigenvalue weighted by molar-refractivity contribution is 0.0600. The molecular formula is C17H18N2O3. The van der Waals surface area contributed by atoms with Gasteiger partial charge in [-0.25, -0.2) is 4.79 Å². The van der Waals surface area contributed by atoms with Gasteiger partial charge >= 0.3 is 5.97 Å². The molecule has 0 aliphatic rings. The molecule has 114 valence electrons. The van der Waals surface area contributed by atoms with Crippen molar-refractivity contribution in [2.75, 3.05) is 18.2 Å². The molecule has 2 rings (SSSR count). The summed E-state index contributed by atoms with van der Waals surface area (Å²) in [6.45, 7) is 2.07. The number of amides is 1. The van der Waals surface area contributed by atoms with Crippen molar-refractivity contribution in [3.8, 4) is 0 Å². The average molecular weight is 298 g/mol. The summed E-state index contributed by atoms with van der Waals surface area (Å²) in [4.78, 5) is 23.7. The third-order valence-corrected chi connectivity index (χ3v) is 3.34. The molecule has 0 aliphatic carbocycles. The van der Waals surface area contributed by atoms with E-state index in [0.717, 1.165) is 6.42 Å². The molecule has 3 N–H and O–H groups in total. The van der Waals surface area contributed by atoms with Gasteiger partial charge in [0.25, 0.3) is 5.91 Å². The Kier molecular flexibility index (Phi) is 4.78. The number of carbonyl (C=O) groups is 2. The maximum Gasteiger partial charge on any atom is 0.337 e. The number of carbonyl (C=O) groups excluding carboxylic acids is 2. The molecule has 0 aliphatic heterocycles. The van der Waals surface area contributed by atoms with Crippen molar-refractivity contribution in [1.82, 2.24) is 0 Å². The van der Waals surface area contributed by atoms with Gasteiger partial charge in [-0.15, -0.1) is 0 Å². The first-order chi connectivity index (χ1) is 10.5. The molecule has 0 unspecified atom stereocenters. The van der Waals surface area contributed by atoms with Gasteiger partial charge in [0.2, 0.25) is 0 Å². The number of rotatable bonds is 4. The van der Waals surface area contributed by atoms with Crippen LogP contribution in [-0.4, -0.2) is 19.0 Å². The maximum atomic E-state index is 12.2. The van der Waals surface area contributed by atoms with Crippen LogP contribution in [0.5, 0.6) is 0 Å². The minimum atomic E-state index is -0.492. The standard InChI is InChI=1S/C17H18N2O3/c1-3-11-4-7-13(8-5-11)19-16(20)14-9-6-12(10-15(14)18)17(21)22-2/h4-10H,3,18H2,1-2H3,(H,19,20). The van der Waals surface area contributed by atoms with Crippen molar-refractivity contribution < 1.29 is 14.3 Å². The van der Waals surface area contributed by atoms with E-state index >= 15 is 0 Å². The van der Waals surface area contributed by atoms with Gasteiger partial charge < -0.3 is 15.8 Å². The van der Waals surface area contributed by atoms with Crippen LogP contribution >= 0.6 is 0 Å². The van der Waals surface area contributed by atoms with E-state index in [1.165, 1.54) is 30.9 Å². The van der Waals surface area contributed by atoms with Crippen molar-refractivity contribution in [1.29, 1.82) is 0 Å². The van der Waals surface area contributed by atoms with Gasteiger partial charge in [0.1, 0.15) is 0 Å². The molecule has 0 heterocycles. The Morgan fingerprint density at radius 1 is 1.14 bits per heavy atom. The van der Waals surface area contributed by atoms with Crippen LogP contribution in [0.1, 0.15) is 33.2 Å². The number of nitrogen functional groups attached to an aromatic ring is 1. The number of anilines is 2. The lowest BCUT2D eigenvalue weighted by Crippen LogP contribution is -2.15. The Labute approximate surface area is 129 Å². The van der Waals surface area contributed by atoms with Gasteiger partial charge in [0.05, 0.1) is 18.2 Å². The fourth-order valence-corrected chi connectivity index (χ4v) is 2.04. The summed E-state index contributed by atoms with van der Waals surface area (Å²) in [6.07, 6.45) is 0.941. The zero-order chi connectivity index (χ0) is 16.1. The van der Waals surface area contributed by atoms with E-state index in [9.17, 15) is 9.59 Å². The van der Waals surface area contributed by atoms with E-state index < -0.39 is 5.97 Å². The summed E-state index contributed by atoms with van der Waals surface area (Å²) in [7, 11) is 1.29. The molecular weight excluding hydrogens is 280 g/mol. The summed E-state index contributed by atoms with van der Waals surface area (Å²) >= 11 is 0. The van der Waals surface area contributed by atoms with Gasteiger partial charge in [-0.05, 0) is 42.3 Å². The van der Waals surface area contributed by atoms with E-state index in [-0.39, 0.29) is 11.6 Å². The number of benzene rings is 2. The summed E-state index contributed by atoms with van der Waals surface area (Å²) in [5, 5.41) is 2.78. The van der Waals surface area contributed by atoms with Crippen LogP contribution in [0.2, 0.25) is 0 Å². The largest absolute Gasteiger partial charge is 0.465 e. The van der Waals surface area contributed by atoms with Crippen LogP contribution in [0.4, 0.5) is 11.4 Å². The van der Waals surface area contributed by atoms with Crippen LogP contribution < -0.4 is 11.1 Å². The van der Waals surface area contributed by atoms with Crippen LogP contribution in [-0.2, 0) is 11.2 Å². The van der Waals surface area contributed by atoms with Crippen molar-refractivity contribution in [2.45, 2.75) is 13.3 Å². The smallest absolute Gasteiger partial charge is 0.337 e. The lowest BCUT2D eigenvalue weighted by Gasteiger charge is -2.09. The molecule has 0 saturated carbocycles. The number of methoxy groups -OCH3 is 1. The Balaban J connectivity index is 2.16. The number of nitrogens with two attached hydrogens (primary N) is 1. The van der Waals surface area contributed by atoms with Crippen molar-refractivity contribution in [3.05, 3.63) is 59.2 Å². The number of esters is 1. The summed E-state index contributed by atoms with van der Waals surface area (Å²) < 4.78 is 4.61. The van der Waals surface area contributed by atoms with Crippen molar-refractivity contribution >= 4 is 23.3 Å². The van der Waals surface area contributed by atoms with Crippen LogP contribution in [0.3, 0.4) is 0 Å². The van der Waals surface area contributed by atoms with Crippen molar-refractivity contribution in [2.24, 2.45) is 0 Å². The van der Waals surface area contributed by atoms with E-state index in [2.05, 4.69) is 17.0 Å². The monoisotopic (exact) mass is 298 g/mol. The second kappa shape index (κ2) is 6.76. The number of nitrogens with one attached hydrogen (secondary N) is 1. The number of hydrogen-bond acceptors (Lipinski definition) is 4. The van der Waals surface area contributed by atoms with Crippen molar-refractivity contribution in [3.63, 3.8) is 0 Å². The molecule has 1 amide bonds. The first-order valence-electron chi connectivity index (χ1n) is 6.93. The Bertz CT molecular complexity index is 694. The molecule has 2 aromatic rings. The van der Waals surface area contributed by atoms with E-state index in [4.69, 9.17) is 5.73 Å². The molecule has 0 bridgehead atoms. The van der Waals surface area contributed by atoms with Crippen LogP contribution in [0.25, 0.3) is 0 Å². The van der Waals surface area contributed by atoms with E-state index in [0.29, 0.717) is 16.8 Å². The van der Waals surface area contributed by atoms with Gasteiger partial charge in [0.15, 0.2) is 0 Å². The first-order valence-corrected chi connectivity index (χ1v) is 6.93. The second-order valence-electron chi connectivity index (χ2n) is 4.80. The van der Waals surface area contributed by atoms with Gasteiger partial charge in [-0.1, -0.05) is 19.1 Å². The Hall–Kier alpha value is -2.82. The molecule has 5 nitrogen and oxygen atoms in total. The molecule has 5 heteroatoms. The number of hydrogen-bond donors (Lipinski definition) is 2. The third kappa shape index (κ3) is 3.44. The Morgan fingerprint density at radius 3 is 2.36 bits per heavy atom. The minimum Gasteiger partial charge on any atom is -0.465 e. The zero-order valence-electron chi connectivity index (χ0n) is 12.6. The zero-order valence-corrected chi connectivity index (χ0v) is 12.6. The fraction of sp³-hybridized carbons (Fsp3) is 0.176. The fourth-order valence-electron chi connectivity index (χ4n) is 2.04. The SMILES string of the molecule is CCc1ccc(NC(=O)c2ccc(C(=O)OC)cc2N)cc1. The maximum absolute atomic E-state index is 12.2. The van der Waals surface area contributed by atoms with Gasteiger partial charge in [-0.2, -0.15) is 0 Å². The van der Waals surface area contributed by atoms with Gasteiger partial charge in [-0.3, -0.25) is 4.79 Å². The predicted molar refractivity (Wildman–Crippen MR) is 86.0 cm³/mol. The Morgan fingerprint density at radius 2 is 1.82 bits per heavy atom. The van der Waals surface area contributed by atoms with Crippen LogP contribution in [0.15, 0.2) is 42.5 Å². The predicted octanol–water partition coefficient (Wildman–Crippen LogP) is 2.87. The summed E-state index contributed by atoms with van der Waals surface area (Å²) in [5.74, 6) is -0.813. The summed E-state index contributed by atoms with van der Waals surface area (Å²) in [6, 6.07) is 12.1. The topological polar surface area (TPSA) is 81.4 Å². The molecule has 2 aromatic carbocycles. The highest BCUT2D eigenvalue weighted by molar-refractivity contribution is 6.08. The van der Waals surface area contributed by atoms with Gasteiger partial charge in [0, 0.05) is 11.4 Å². The quantitative estimate of drug-likeness (QED) is 0.671. The summed E-state index contributed by atoms with van der Waals surface area (Å²) in [5.41, 5.74) is 8.58. The van der Waals surface area contributed by atoms with E-state index in [1.807, 2.05) is 24.3 Å². The molecule has 0 atom stereocenters. The molecule has 0 radical (unpaired) electrons. The minimum absolute atomic E-state index is 0.227. The number of aryl methyl sites for hydroxylation is 1. The molecule has 0 spiro atoms. The molecule has 22 heavy (non-hydrogen) atoms. The highest BCUT2D eigenvalue weighted by atomic mass is 16.5. The van der Waals surface area contributed by atoms with E-state index in [1.54, 1.807) is 0 Å². The molecule has 0 saturated heterocycles.